The fourth-order valence-corrected chi connectivity index (χ4v) is 5.46. The molecule has 2 saturated carbocycles. The third kappa shape index (κ3) is 4.03. The van der Waals surface area contributed by atoms with Gasteiger partial charge in [-0.05, 0) is 36.0 Å². The highest BCUT2D eigenvalue weighted by molar-refractivity contribution is 6.30. The van der Waals surface area contributed by atoms with Gasteiger partial charge in [-0.15, -0.1) is 5.10 Å². The number of aromatic nitrogens is 7. The molecule has 1 unspecified atom stereocenters. The van der Waals surface area contributed by atoms with Gasteiger partial charge in [0.1, 0.15) is 12.4 Å². The minimum Gasteiger partial charge on any atom is -0.389 e. The molecular weight excluding hydrogens is 496 g/mol. The van der Waals surface area contributed by atoms with Crippen LogP contribution in [0.4, 0.5) is 5.82 Å². The average Bonchev–Trinajstić information content (AvgIpc) is 3.11. The van der Waals surface area contributed by atoms with Crippen molar-refractivity contribution < 1.29 is 15.0 Å². The van der Waals surface area contributed by atoms with Crippen molar-refractivity contribution in [3.05, 3.63) is 58.9 Å². The Labute approximate surface area is 216 Å². The van der Waals surface area contributed by atoms with Crippen molar-refractivity contribution in [2.45, 2.75) is 37.6 Å². The van der Waals surface area contributed by atoms with Gasteiger partial charge in [0.2, 0.25) is 5.82 Å². The number of fused-ring (bicyclic) bond motifs is 2. The second-order valence-corrected chi connectivity index (χ2v) is 9.97. The van der Waals surface area contributed by atoms with E-state index in [1.807, 2.05) is 18.2 Å². The molecule has 0 aliphatic heterocycles. The first-order chi connectivity index (χ1) is 17.9. The summed E-state index contributed by atoms with van der Waals surface area (Å²) in [6.07, 6.45) is 2.75. The van der Waals surface area contributed by atoms with E-state index in [-0.39, 0.29) is 11.7 Å². The quantitative estimate of drug-likeness (QED) is 0.254. The lowest BCUT2D eigenvalue weighted by atomic mass is 10.0. The van der Waals surface area contributed by atoms with Crippen LogP contribution >= 0.6 is 11.6 Å². The van der Waals surface area contributed by atoms with E-state index >= 15 is 0 Å². The molecule has 0 bridgehead atoms. The highest BCUT2D eigenvalue weighted by Gasteiger charge is 2.72. The summed E-state index contributed by atoms with van der Waals surface area (Å²) in [6.45, 7) is 0.438. The zero-order valence-electron chi connectivity index (χ0n) is 19.8. The van der Waals surface area contributed by atoms with Gasteiger partial charge in [0.15, 0.2) is 17.0 Å². The molecule has 11 nitrogen and oxygen atoms in total. The normalized spacial score (nSPS) is 25.9. The number of benzene rings is 1. The standard InChI is InChI=1S/C25H23ClN8O3/c1-33-11-16(31-32-33)6-3-7-18-29-23(27-10-14-4-2-5-15(26)8-14)19-24(30-18)34(13-28-19)20-17-9-25(17,12-35)22(37)21(20)36/h2,4-5,8,11-13,17,20-22,36-37H,6,9-10H2,1H3,(H,27,29,30)/t17-,20-,21-,22?,25+/m1/s1. The first-order valence-electron chi connectivity index (χ1n) is 11.8. The maximum absolute atomic E-state index is 11.7. The summed E-state index contributed by atoms with van der Waals surface area (Å²) in [5.74, 6) is 6.56. The molecule has 0 spiro atoms. The number of aliphatic hydroxyl groups excluding tert-OH is 2. The molecule has 2 fully saturated rings. The SMILES string of the molecule is Cn1cc(CC#Cc2nc(NCc3cccc(Cl)c3)c3ncn([C@@H]4[C@H]5C[C@@]5(C=O)C(O)[C@@H]4O)c3n2)nn1. The van der Waals surface area contributed by atoms with Gasteiger partial charge in [-0.3, -0.25) is 4.68 Å². The number of aliphatic hydroxyl groups is 2. The number of imidazole rings is 1. The predicted octanol–water partition coefficient (Wildman–Crippen LogP) is 1.30. The Morgan fingerprint density at radius 1 is 1.32 bits per heavy atom. The summed E-state index contributed by atoms with van der Waals surface area (Å²) in [5, 5.41) is 33.2. The van der Waals surface area contributed by atoms with Crippen molar-refractivity contribution in [3.63, 3.8) is 0 Å². The Balaban J connectivity index is 1.38. The molecule has 3 aromatic heterocycles. The number of hydrogen-bond acceptors (Lipinski definition) is 9. The van der Waals surface area contributed by atoms with Crippen LogP contribution < -0.4 is 5.32 Å². The first-order valence-corrected chi connectivity index (χ1v) is 12.2. The maximum atomic E-state index is 11.7. The number of carbonyl (C=O) groups excluding carboxylic acids is 1. The van der Waals surface area contributed by atoms with Gasteiger partial charge in [-0.25, -0.2) is 15.0 Å². The fraction of sp³-hybridized carbons (Fsp3) is 0.360. The van der Waals surface area contributed by atoms with E-state index in [2.05, 4.69) is 42.4 Å². The van der Waals surface area contributed by atoms with Crippen molar-refractivity contribution in [2.75, 3.05) is 5.32 Å². The lowest BCUT2D eigenvalue weighted by Crippen LogP contribution is -2.34. The van der Waals surface area contributed by atoms with E-state index in [0.717, 1.165) is 17.5 Å². The largest absolute Gasteiger partial charge is 0.389 e. The minimum atomic E-state index is -1.13. The molecule has 3 heterocycles. The van der Waals surface area contributed by atoms with Crippen LogP contribution in [-0.2, 0) is 24.8 Å². The highest BCUT2D eigenvalue weighted by atomic mass is 35.5. The second-order valence-electron chi connectivity index (χ2n) is 9.53. The molecule has 12 heteroatoms. The van der Waals surface area contributed by atoms with Crippen LogP contribution in [-0.4, -0.2) is 63.2 Å². The summed E-state index contributed by atoms with van der Waals surface area (Å²) in [5.41, 5.74) is 1.71. The maximum Gasteiger partial charge on any atom is 0.208 e. The molecule has 188 valence electrons. The highest BCUT2D eigenvalue weighted by Crippen LogP contribution is 2.66. The van der Waals surface area contributed by atoms with Crippen LogP contribution in [0.2, 0.25) is 5.02 Å². The molecule has 2 aliphatic carbocycles. The Morgan fingerprint density at radius 3 is 2.92 bits per heavy atom. The second kappa shape index (κ2) is 8.92. The topological polar surface area (TPSA) is 144 Å². The van der Waals surface area contributed by atoms with E-state index in [9.17, 15) is 15.0 Å². The summed E-state index contributed by atoms with van der Waals surface area (Å²) in [6, 6.07) is 6.93. The summed E-state index contributed by atoms with van der Waals surface area (Å²) in [4.78, 5) is 25.5. The van der Waals surface area contributed by atoms with Gasteiger partial charge < -0.3 is 24.9 Å². The Kier molecular flexibility index (Phi) is 5.67. The van der Waals surface area contributed by atoms with Crippen molar-refractivity contribution in [1.29, 1.82) is 0 Å². The first kappa shape index (κ1) is 23.5. The summed E-state index contributed by atoms with van der Waals surface area (Å²) < 4.78 is 3.33. The van der Waals surface area contributed by atoms with E-state index in [1.165, 1.54) is 0 Å². The smallest absolute Gasteiger partial charge is 0.208 e. The van der Waals surface area contributed by atoms with E-state index in [0.29, 0.717) is 41.4 Å². The molecule has 0 saturated heterocycles. The molecule has 1 aromatic carbocycles. The van der Waals surface area contributed by atoms with Crippen LogP contribution in [0.3, 0.4) is 0 Å². The molecule has 2 aliphatic rings. The number of aryl methyl sites for hydroxylation is 1. The molecule has 4 aromatic rings. The Bertz CT molecular complexity index is 1570. The Morgan fingerprint density at radius 2 is 2.19 bits per heavy atom. The average molecular weight is 519 g/mol. The zero-order chi connectivity index (χ0) is 25.7. The van der Waals surface area contributed by atoms with Crippen LogP contribution in [0.15, 0.2) is 36.8 Å². The van der Waals surface area contributed by atoms with Crippen LogP contribution in [0, 0.1) is 23.2 Å². The van der Waals surface area contributed by atoms with Crippen molar-refractivity contribution >= 4 is 34.9 Å². The van der Waals surface area contributed by atoms with Gasteiger partial charge in [-0.2, -0.15) is 0 Å². The lowest BCUT2D eigenvalue weighted by molar-refractivity contribution is -0.117. The Hall–Kier alpha value is -3.85. The fourth-order valence-electron chi connectivity index (χ4n) is 5.24. The minimum absolute atomic E-state index is 0.198. The van der Waals surface area contributed by atoms with Gasteiger partial charge in [0.25, 0.3) is 0 Å². The molecule has 0 radical (unpaired) electrons. The van der Waals surface area contributed by atoms with E-state index < -0.39 is 23.7 Å². The molecule has 3 N–H and O–H groups in total. The number of rotatable bonds is 6. The third-order valence-electron chi connectivity index (χ3n) is 7.17. The third-order valence-corrected chi connectivity index (χ3v) is 7.41. The number of anilines is 1. The number of carbonyl (C=O) groups is 1. The molecule has 0 amide bonds. The lowest BCUT2D eigenvalue weighted by Gasteiger charge is -2.22. The van der Waals surface area contributed by atoms with E-state index in [4.69, 9.17) is 11.6 Å². The molecule has 37 heavy (non-hydrogen) atoms. The monoisotopic (exact) mass is 518 g/mol. The van der Waals surface area contributed by atoms with Crippen molar-refractivity contribution in [3.8, 4) is 11.8 Å². The number of hydrogen-bond donors (Lipinski definition) is 3. The van der Waals surface area contributed by atoms with Crippen molar-refractivity contribution in [2.24, 2.45) is 18.4 Å². The number of nitrogens with one attached hydrogen (secondary N) is 1. The number of halogens is 1. The zero-order valence-corrected chi connectivity index (χ0v) is 20.5. The molecule has 5 atom stereocenters. The van der Waals surface area contributed by atoms with Gasteiger partial charge in [0.05, 0.1) is 36.0 Å². The van der Waals surface area contributed by atoms with Crippen LogP contribution in [0.5, 0.6) is 0 Å². The summed E-state index contributed by atoms with van der Waals surface area (Å²) in [7, 11) is 1.79. The number of aldehydes is 1. The summed E-state index contributed by atoms with van der Waals surface area (Å²) >= 11 is 6.13. The molecular formula is C25H23ClN8O3. The van der Waals surface area contributed by atoms with Crippen LogP contribution in [0.25, 0.3) is 11.2 Å². The van der Waals surface area contributed by atoms with E-state index in [1.54, 1.807) is 34.9 Å². The van der Waals surface area contributed by atoms with Gasteiger partial charge in [0, 0.05) is 24.8 Å². The predicted molar refractivity (Wildman–Crippen MR) is 133 cm³/mol. The van der Waals surface area contributed by atoms with Gasteiger partial charge in [-0.1, -0.05) is 34.9 Å². The molecule has 6 rings (SSSR count). The van der Waals surface area contributed by atoms with Crippen LogP contribution in [0.1, 0.15) is 29.5 Å². The van der Waals surface area contributed by atoms with Gasteiger partial charge >= 0.3 is 0 Å². The number of nitrogens with zero attached hydrogens (tertiary/aromatic N) is 7. The van der Waals surface area contributed by atoms with Crippen molar-refractivity contribution in [1.82, 2.24) is 34.5 Å².